The van der Waals surface area contributed by atoms with Gasteiger partial charge < -0.3 is 0 Å². The molecular weight excluding hydrogens is 164 g/mol. The summed E-state index contributed by atoms with van der Waals surface area (Å²) in [7, 11) is 0. The highest BCUT2D eigenvalue weighted by molar-refractivity contribution is 5.86. The molecule has 0 aliphatic carbocycles. The molecule has 0 amide bonds. The fourth-order valence-corrected chi connectivity index (χ4v) is 1.73. The summed E-state index contributed by atoms with van der Waals surface area (Å²) < 4.78 is 0. The summed E-state index contributed by atoms with van der Waals surface area (Å²) in [5, 5.41) is 0. The van der Waals surface area contributed by atoms with Crippen molar-refractivity contribution in [3.05, 3.63) is 0 Å². The molecule has 1 rings (SSSR count). The third-order valence-corrected chi connectivity index (χ3v) is 2.59. The van der Waals surface area contributed by atoms with Gasteiger partial charge in [0.05, 0.1) is 0 Å². The smallest absolute Gasteiger partial charge is 0.142 e. The number of carbonyl (C=O) groups is 1. The number of hydrazine groups is 1. The second-order valence-electron chi connectivity index (χ2n) is 4.87. The van der Waals surface area contributed by atoms with Crippen LogP contribution in [0.2, 0.25) is 0 Å². The first-order chi connectivity index (χ1) is 5.93. The highest BCUT2D eigenvalue weighted by atomic mass is 16.1. The summed E-state index contributed by atoms with van der Waals surface area (Å²) in [6.07, 6.45) is 0.949. The predicted molar refractivity (Wildman–Crippen MR) is 53.2 cm³/mol. The third-order valence-electron chi connectivity index (χ3n) is 2.59. The molecule has 13 heavy (non-hydrogen) atoms. The zero-order valence-corrected chi connectivity index (χ0v) is 8.98. The van der Waals surface area contributed by atoms with Crippen molar-refractivity contribution in [2.24, 2.45) is 11.3 Å². The number of rotatable bonds is 1. The Kier molecular flexibility index (Phi) is 3.09. The van der Waals surface area contributed by atoms with E-state index >= 15 is 0 Å². The van der Waals surface area contributed by atoms with Crippen molar-refractivity contribution in [2.45, 2.75) is 40.2 Å². The average Bonchev–Trinajstić information content (AvgIpc) is 2.02. The molecule has 3 nitrogen and oxygen atoms in total. The van der Waals surface area contributed by atoms with Crippen molar-refractivity contribution in [3.63, 3.8) is 0 Å². The van der Waals surface area contributed by atoms with Crippen molar-refractivity contribution < 1.29 is 4.79 Å². The summed E-state index contributed by atoms with van der Waals surface area (Å²) in [5.41, 5.74) is 5.97. The Bertz CT molecular complexity index is 196. The molecule has 1 heterocycles. The molecule has 0 bridgehead atoms. The van der Waals surface area contributed by atoms with Gasteiger partial charge >= 0.3 is 0 Å². The lowest BCUT2D eigenvalue weighted by Crippen LogP contribution is -2.53. The maximum Gasteiger partial charge on any atom is 0.142 e. The Morgan fingerprint density at radius 3 is 2.46 bits per heavy atom. The van der Waals surface area contributed by atoms with Gasteiger partial charge in [-0.05, 0) is 13.3 Å². The molecule has 0 aromatic rings. The van der Waals surface area contributed by atoms with Crippen LogP contribution in [0, 0.1) is 11.3 Å². The lowest BCUT2D eigenvalue weighted by molar-refractivity contribution is -0.132. The Labute approximate surface area is 80.2 Å². The molecule has 1 fully saturated rings. The highest BCUT2D eigenvalue weighted by Crippen LogP contribution is 2.25. The Hall–Kier alpha value is -0.410. The van der Waals surface area contributed by atoms with Crippen LogP contribution in [0.3, 0.4) is 0 Å². The zero-order chi connectivity index (χ0) is 10.1. The highest BCUT2D eigenvalue weighted by Gasteiger charge is 2.34. The molecule has 0 spiro atoms. The minimum Gasteiger partial charge on any atom is -0.299 e. The van der Waals surface area contributed by atoms with E-state index < -0.39 is 0 Å². The maximum absolute atomic E-state index is 12.0. The van der Waals surface area contributed by atoms with E-state index in [9.17, 15) is 4.79 Å². The fraction of sp³-hybridized carbons (Fsp3) is 0.900. The molecule has 1 aliphatic heterocycles. The first-order valence-electron chi connectivity index (χ1n) is 4.95. The van der Waals surface area contributed by atoms with Crippen LogP contribution < -0.4 is 10.9 Å². The van der Waals surface area contributed by atoms with Crippen molar-refractivity contribution in [3.8, 4) is 0 Å². The second kappa shape index (κ2) is 3.76. The van der Waals surface area contributed by atoms with Gasteiger partial charge in [0.2, 0.25) is 0 Å². The van der Waals surface area contributed by atoms with E-state index in [2.05, 4.69) is 17.8 Å². The van der Waals surface area contributed by atoms with Crippen LogP contribution in [0.15, 0.2) is 0 Å². The van der Waals surface area contributed by atoms with Gasteiger partial charge in [0, 0.05) is 23.9 Å². The van der Waals surface area contributed by atoms with Gasteiger partial charge in [-0.2, -0.15) is 0 Å². The van der Waals surface area contributed by atoms with Crippen LogP contribution in [0.4, 0.5) is 0 Å². The summed E-state index contributed by atoms with van der Waals surface area (Å²) >= 11 is 0. The lowest BCUT2D eigenvalue weighted by Gasteiger charge is -2.33. The Morgan fingerprint density at radius 2 is 2.00 bits per heavy atom. The van der Waals surface area contributed by atoms with Gasteiger partial charge in [0.1, 0.15) is 5.78 Å². The monoisotopic (exact) mass is 184 g/mol. The van der Waals surface area contributed by atoms with Crippen LogP contribution in [-0.4, -0.2) is 18.4 Å². The minimum atomic E-state index is -0.210. The van der Waals surface area contributed by atoms with Crippen molar-refractivity contribution in [2.75, 3.05) is 6.54 Å². The van der Waals surface area contributed by atoms with Crippen LogP contribution >= 0.6 is 0 Å². The van der Waals surface area contributed by atoms with Crippen LogP contribution in [0.5, 0.6) is 0 Å². The molecule has 2 atom stereocenters. The average molecular weight is 184 g/mol. The number of nitrogens with one attached hydrogen (secondary N) is 2. The van der Waals surface area contributed by atoms with E-state index in [-0.39, 0.29) is 17.4 Å². The van der Waals surface area contributed by atoms with Gasteiger partial charge in [0.25, 0.3) is 0 Å². The topological polar surface area (TPSA) is 41.1 Å². The molecule has 2 N–H and O–H groups in total. The zero-order valence-electron chi connectivity index (χ0n) is 8.98. The summed E-state index contributed by atoms with van der Waals surface area (Å²) in [4.78, 5) is 12.0. The maximum atomic E-state index is 12.0. The lowest BCUT2D eigenvalue weighted by atomic mass is 9.78. The minimum absolute atomic E-state index is 0.168. The normalized spacial score (nSPS) is 30.2. The SMILES string of the molecule is CC1NNCCC1C(=O)C(C)(C)C. The summed E-state index contributed by atoms with van der Waals surface area (Å²) in [5.74, 6) is 0.537. The molecule has 0 saturated carbocycles. The van der Waals surface area contributed by atoms with E-state index in [1.165, 1.54) is 0 Å². The van der Waals surface area contributed by atoms with Gasteiger partial charge in [-0.15, -0.1) is 0 Å². The van der Waals surface area contributed by atoms with Gasteiger partial charge in [0.15, 0.2) is 0 Å². The number of ketones is 1. The number of hydrogen-bond donors (Lipinski definition) is 2. The number of carbonyl (C=O) groups excluding carboxylic acids is 1. The van der Waals surface area contributed by atoms with Crippen molar-refractivity contribution >= 4 is 5.78 Å². The van der Waals surface area contributed by atoms with Crippen LogP contribution in [-0.2, 0) is 4.79 Å². The molecule has 3 heteroatoms. The molecular formula is C10H20N2O. The molecule has 0 radical (unpaired) electrons. The van der Waals surface area contributed by atoms with Gasteiger partial charge in [-0.1, -0.05) is 20.8 Å². The van der Waals surface area contributed by atoms with E-state index in [4.69, 9.17) is 0 Å². The van der Waals surface area contributed by atoms with Crippen LogP contribution in [0.1, 0.15) is 34.1 Å². The molecule has 0 aromatic heterocycles. The van der Waals surface area contributed by atoms with Gasteiger partial charge in [-0.3, -0.25) is 15.6 Å². The van der Waals surface area contributed by atoms with E-state index in [1.807, 2.05) is 20.8 Å². The molecule has 76 valence electrons. The van der Waals surface area contributed by atoms with Crippen molar-refractivity contribution in [1.29, 1.82) is 0 Å². The first kappa shape index (κ1) is 10.7. The standard InChI is InChI=1S/C10H20N2O/c1-7-8(5-6-11-12-7)9(13)10(2,3)4/h7-8,11-12H,5-6H2,1-4H3. The van der Waals surface area contributed by atoms with Crippen molar-refractivity contribution in [1.82, 2.24) is 10.9 Å². The Morgan fingerprint density at radius 1 is 1.38 bits per heavy atom. The molecule has 1 saturated heterocycles. The van der Waals surface area contributed by atoms with E-state index in [0.29, 0.717) is 5.78 Å². The first-order valence-corrected chi connectivity index (χ1v) is 4.95. The molecule has 2 unspecified atom stereocenters. The molecule has 1 aliphatic rings. The second-order valence-corrected chi connectivity index (χ2v) is 4.87. The fourth-order valence-electron chi connectivity index (χ4n) is 1.73. The molecule has 0 aromatic carbocycles. The summed E-state index contributed by atoms with van der Waals surface area (Å²) in [6.45, 7) is 8.91. The largest absolute Gasteiger partial charge is 0.299 e. The summed E-state index contributed by atoms with van der Waals surface area (Å²) in [6, 6.07) is 0.250. The number of Topliss-reactive ketones (excluding diaryl/α,β-unsaturated/α-hetero) is 1. The van der Waals surface area contributed by atoms with E-state index in [0.717, 1.165) is 13.0 Å². The number of hydrogen-bond acceptors (Lipinski definition) is 3. The van der Waals surface area contributed by atoms with E-state index in [1.54, 1.807) is 0 Å². The quantitative estimate of drug-likeness (QED) is 0.641. The Balaban J connectivity index is 2.64. The predicted octanol–water partition coefficient (Wildman–Crippen LogP) is 1.10. The van der Waals surface area contributed by atoms with Crippen LogP contribution in [0.25, 0.3) is 0 Å². The third kappa shape index (κ3) is 2.51. The van der Waals surface area contributed by atoms with Gasteiger partial charge in [-0.25, -0.2) is 0 Å².